The van der Waals surface area contributed by atoms with Crippen molar-refractivity contribution in [2.45, 2.75) is 31.8 Å². The first kappa shape index (κ1) is 20.0. The fraction of sp³-hybridized carbons (Fsp3) is 0.409. The number of nitrogens with one attached hydrogen (secondary N) is 1. The van der Waals surface area contributed by atoms with Crippen LogP contribution in [0.2, 0.25) is 0 Å². The Bertz CT molecular complexity index is 816. The summed E-state index contributed by atoms with van der Waals surface area (Å²) in [6, 6.07) is 7.39. The summed E-state index contributed by atoms with van der Waals surface area (Å²) in [5.41, 5.74) is 2.37. The average molecular weight is 384 g/mol. The fourth-order valence-corrected chi connectivity index (χ4v) is 3.92. The second kappa shape index (κ2) is 8.97. The van der Waals surface area contributed by atoms with Crippen LogP contribution in [-0.2, 0) is 6.42 Å². The number of furan rings is 1. The molecule has 2 aromatic rings. The number of hydrogen-bond donors (Lipinski definition) is 1. The predicted octanol–water partition coefficient (Wildman–Crippen LogP) is 3.59. The molecule has 0 saturated heterocycles. The van der Waals surface area contributed by atoms with Gasteiger partial charge in [-0.05, 0) is 48.2 Å². The molecular weight excluding hydrogens is 356 g/mol. The van der Waals surface area contributed by atoms with Crippen molar-refractivity contribution in [3.8, 4) is 11.5 Å². The number of fused-ring (bicyclic) bond motifs is 1. The van der Waals surface area contributed by atoms with E-state index in [0.29, 0.717) is 11.5 Å². The van der Waals surface area contributed by atoms with E-state index in [2.05, 4.69) is 23.7 Å². The Morgan fingerprint density at radius 2 is 2.14 bits per heavy atom. The molecule has 3 rings (SSSR count). The molecule has 1 amide bonds. The number of carbonyl (C=O) groups excluding carboxylic acids is 1. The molecule has 150 valence electrons. The number of amides is 1. The molecule has 2 atom stereocenters. The summed E-state index contributed by atoms with van der Waals surface area (Å²) in [5, 5.41) is 3.15. The van der Waals surface area contributed by atoms with Gasteiger partial charge in [-0.3, -0.25) is 9.69 Å². The van der Waals surface area contributed by atoms with Gasteiger partial charge < -0.3 is 19.2 Å². The van der Waals surface area contributed by atoms with Gasteiger partial charge >= 0.3 is 0 Å². The van der Waals surface area contributed by atoms with Crippen molar-refractivity contribution < 1.29 is 18.7 Å². The third kappa shape index (κ3) is 3.92. The van der Waals surface area contributed by atoms with E-state index in [4.69, 9.17) is 13.9 Å². The molecule has 1 aliphatic heterocycles. The van der Waals surface area contributed by atoms with Crippen molar-refractivity contribution in [3.05, 3.63) is 60.1 Å². The van der Waals surface area contributed by atoms with Crippen molar-refractivity contribution in [3.63, 3.8) is 0 Å². The van der Waals surface area contributed by atoms with Crippen LogP contribution in [0.1, 0.15) is 41.1 Å². The molecule has 0 radical (unpaired) electrons. The molecule has 1 aromatic heterocycles. The highest BCUT2D eigenvalue weighted by atomic mass is 16.5. The highest BCUT2D eigenvalue weighted by Gasteiger charge is 2.34. The summed E-state index contributed by atoms with van der Waals surface area (Å²) >= 11 is 0. The molecule has 1 aromatic carbocycles. The molecule has 0 saturated carbocycles. The first-order chi connectivity index (χ1) is 13.6. The van der Waals surface area contributed by atoms with Crippen LogP contribution >= 0.6 is 0 Å². The van der Waals surface area contributed by atoms with Crippen LogP contribution in [0.15, 0.2) is 47.6 Å². The fourth-order valence-electron chi connectivity index (χ4n) is 3.92. The van der Waals surface area contributed by atoms with Gasteiger partial charge in [0.15, 0.2) is 17.3 Å². The predicted molar refractivity (Wildman–Crippen MR) is 108 cm³/mol. The molecule has 0 unspecified atom stereocenters. The maximum Gasteiger partial charge on any atom is 0.287 e. The second-order valence-corrected chi connectivity index (χ2v) is 6.85. The Balaban J connectivity index is 1.99. The number of rotatable bonds is 8. The molecule has 28 heavy (non-hydrogen) atoms. The quantitative estimate of drug-likeness (QED) is 0.705. The van der Waals surface area contributed by atoms with Gasteiger partial charge in [0.25, 0.3) is 5.91 Å². The van der Waals surface area contributed by atoms with E-state index in [9.17, 15) is 4.79 Å². The zero-order valence-electron chi connectivity index (χ0n) is 16.7. The van der Waals surface area contributed by atoms with Gasteiger partial charge in [0.05, 0.1) is 26.5 Å². The Morgan fingerprint density at radius 1 is 1.39 bits per heavy atom. The van der Waals surface area contributed by atoms with Crippen LogP contribution in [0.5, 0.6) is 11.5 Å². The van der Waals surface area contributed by atoms with Crippen LogP contribution in [-0.4, -0.2) is 44.2 Å². The van der Waals surface area contributed by atoms with Gasteiger partial charge in [-0.25, -0.2) is 0 Å². The number of ether oxygens (including phenoxy) is 2. The van der Waals surface area contributed by atoms with Crippen molar-refractivity contribution in [2.75, 3.05) is 27.3 Å². The highest BCUT2D eigenvalue weighted by Crippen LogP contribution is 2.40. The monoisotopic (exact) mass is 384 g/mol. The summed E-state index contributed by atoms with van der Waals surface area (Å²) in [7, 11) is 3.28. The standard InChI is InChI=1S/C22H28N2O4/c1-5-10-24-11-9-15-13-19(26-3)20(27-4)14-16(15)21(24)17(6-2)23-22(25)18-8-7-12-28-18/h5,7-8,12-14,17,21H,1,6,9-11H2,2-4H3,(H,23,25)/t17-,21-/m0/s1. The number of carbonyl (C=O) groups is 1. The van der Waals surface area contributed by atoms with Crippen LogP contribution in [0.4, 0.5) is 0 Å². The minimum absolute atomic E-state index is 0.00506. The zero-order chi connectivity index (χ0) is 20.1. The Labute approximate surface area is 166 Å². The van der Waals surface area contributed by atoms with Gasteiger partial charge in [-0.1, -0.05) is 13.0 Å². The van der Waals surface area contributed by atoms with Gasteiger partial charge in [-0.15, -0.1) is 6.58 Å². The van der Waals surface area contributed by atoms with Gasteiger partial charge in [-0.2, -0.15) is 0 Å². The van der Waals surface area contributed by atoms with E-state index in [0.717, 1.165) is 37.2 Å². The molecule has 0 aliphatic carbocycles. The topological polar surface area (TPSA) is 63.9 Å². The minimum atomic E-state index is -0.206. The van der Waals surface area contributed by atoms with Crippen molar-refractivity contribution >= 4 is 5.91 Å². The molecule has 0 bridgehead atoms. The Kier molecular flexibility index (Phi) is 6.41. The van der Waals surface area contributed by atoms with Crippen LogP contribution in [0.25, 0.3) is 0 Å². The average Bonchev–Trinajstić information content (AvgIpc) is 3.26. The molecule has 1 N–H and O–H groups in total. The molecule has 2 heterocycles. The lowest BCUT2D eigenvalue weighted by Gasteiger charge is -2.41. The third-order valence-corrected chi connectivity index (χ3v) is 5.27. The summed E-state index contributed by atoms with van der Waals surface area (Å²) in [6.45, 7) is 7.60. The van der Waals surface area contributed by atoms with E-state index >= 15 is 0 Å². The van der Waals surface area contributed by atoms with E-state index < -0.39 is 0 Å². The van der Waals surface area contributed by atoms with E-state index in [1.54, 1.807) is 26.4 Å². The lowest BCUT2D eigenvalue weighted by Crippen LogP contribution is -2.48. The molecule has 0 fully saturated rings. The smallest absolute Gasteiger partial charge is 0.287 e. The van der Waals surface area contributed by atoms with Gasteiger partial charge in [0, 0.05) is 19.1 Å². The number of methoxy groups -OCH3 is 2. The maximum atomic E-state index is 12.6. The number of nitrogens with zero attached hydrogens (tertiary/aromatic N) is 1. The van der Waals surface area contributed by atoms with Crippen molar-refractivity contribution in [2.24, 2.45) is 0 Å². The molecule has 6 heteroatoms. The largest absolute Gasteiger partial charge is 0.493 e. The second-order valence-electron chi connectivity index (χ2n) is 6.85. The van der Waals surface area contributed by atoms with E-state index in [1.165, 1.54) is 11.8 Å². The summed E-state index contributed by atoms with van der Waals surface area (Å²) in [6.07, 6.45) is 5.09. The van der Waals surface area contributed by atoms with E-state index in [-0.39, 0.29) is 18.0 Å². The molecule has 1 aliphatic rings. The summed E-state index contributed by atoms with van der Waals surface area (Å²) in [4.78, 5) is 15.0. The van der Waals surface area contributed by atoms with E-state index in [1.807, 2.05) is 18.2 Å². The van der Waals surface area contributed by atoms with Crippen molar-refractivity contribution in [1.82, 2.24) is 10.2 Å². The Morgan fingerprint density at radius 3 is 2.75 bits per heavy atom. The highest BCUT2D eigenvalue weighted by molar-refractivity contribution is 5.91. The van der Waals surface area contributed by atoms with Crippen LogP contribution in [0, 0.1) is 0 Å². The SMILES string of the molecule is C=CCN1CCc2cc(OC)c(OC)cc2[C@H]1[C@H](CC)NC(=O)c1ccco1. The Hall–Kier alpha value is -2.73. The lowest BCUT2D eigenvalue weighted by atomic mass is 9.86. The van der Waals surface area contributed by atoms with Crippen molar-refractivity contribution in [1.29, 1.82) is 0 Å². The normalized spacial score (nSPS) is 17.5. The molecule has 0 spiro atoms. The maximum absolute atomic E-state index is 12.6. The summed E-state index contributed by atoms with van der Waals surface area (Å²) in [5.74, 6) is 1.53. The lowest BCUT2D eigenvalue weighted by molar-refractivity contribution is 0.0853. The number of hydrogen-bond acceptors (Lipinski definition) is 5. The van der Waals surface area contributed by atoms with Crippen LogP contribution in [0.3, 0.4) is 0 Å². The summed E-state index contributed by atoms with van der Waals surface area (Å²) < 4.78 is 16.3. The number of benzene rings is 1. The van der Waals surface area contributed by atoms with Crippen LogP contribution < -0.4 is 14.8 Å². The third-order valence-electron chi connectivity index (χ3n) is 5.27. The molecular formula is C22H28N2O4. The molecule has 6 nitrogen and oxygen atoms in total. The first-order valence-corrected chi connectivity index (χ1v) is 9.57. The van der Waals surface area contributed by atoms with Gasteiger partial charge in [0.2, 0.25) is 0 Å². The first-order valence-electron chi connectivity index (χ1n) is 9.57. The van der Waals surface area contributed by atoms with Gasteiger partial charge in [0.1, 0.15) is 0 Å². The minimum Gasteiger partial charge on any atom is -0.493 e. The zero-order valence-corrected chi connectivity index (χ0v) is 16.7.